The maximum Gasteiger partial charge on any atom is 0.433 e. The quantitative estimate of drug-likeness (QED) is 0.826. The average Bonchev–Trinajstić information content (AvgIpc) is 2.27. The van der Waals surface area contributed by atoms with E-state index in [2.05, 4.69) is 0 Å². The lowest BCUT2D eigenvalue weighted by molar-refractivity contribution is 0.212. The van der Waals surface area contributed by atoms with Gasteiger partial charge >= 0.3 is 13.3 Å². The second-order valence-electron chi connectivity index (χ2n) is 4.99. The molecule has 0 spiro atoms. The molecule has 0 atom stereocenters. The molecular formula is C13H19O5P. The van der Waals surface area contributed by atoms with Gasteiger partial charge in [-0.3, -0.25) is 0 Å². The van der Waals surface area contributed by atoms with Gasteiger partial charge in [-0.05, 0) is 23.0 Å². The van der Waals surface area contributed by atoms with Gasteiger partial charge in [0.05, 0.1) is 0 Å². The number of benzene rings is 1. The molecule has 1 aromatic rings. The summed E-state index contributed by atoms with van der Waals surface area (Å²) in [6.07, 6.45) is 0. The van der Waals surface area contributed by atoms with Crippen LogP contribution in [0.15, 0.2) is 18.2 Å². The van der Waals surface area contributed by atoms with Gasteiger partial charge in [0, 0.05) is 0 Å². The Labute approximate surface area is 112 Å². The van der Waals surface area contributed by atoms with Crippen LogP contribution in [0.3, 0.4) is 0 Å². The second kappa shape index (κ2) is 5.87. The van der Waals surface area contributed by atoms with E-state index in [0.717, 1.165) is 11.1 Å². The minimum atomic E-state index is -4.88. The molecule has 1 aromatic carbocycles. The van der Waals surface area contributed by atoms with E-state index >= 15 is 0 Å². The van der Waals surface area contributed by atoms with Crippen molar-refractivity contribution in [1.82, 2.24) is 0 Å². The molecule has 0 amide bonds. The molecular weight excluding hydrogens is 267 g/mol. The molecule has 106 valence electrons. The van der Waals surface area contributed by atoms with Gasteiger partial charge in [-0.1, -0.05) is 45.9 Å². The van der Waals surface area contributed by atoms with Crippen molar-refractivity contribution >= 4 is 13.3 Å². The molecule has 0 aliphatic heterocycles. The Bertz CT molecular complexity index is 490. The number of carbonyl (C=O) groups excluding carboxylic acids is 1. The average molecular weight is 286 g/mol. The van der Waals surface area contributed by atoms with E-state index < -0.39 is 13.3 Å². The molecule has 0 aliphatic rings. The summed E-state index contributed by atoms with van der Waals surface area (Å²) in [7, 11) is -4.88. The first kappa shape index (κ1) is 15.9. The van der Waals surface area contributed by atoms with Crippen LogP contribution in [0.2, 0.25) is 0 Å². The summed E-state index contributed by atoms with van der Waals surface area (Å²) < 4.78 is 15.9. The minimum absolute atomic E-state index is 0.0817. The normalized spacial score (nSPS) is 12.0. The van der Waals surface area contributed by atoms with Crippen LogP contribution in [-0.2, 0) is 4.57 Å². The van der Waals surface area contributed by atoms with Gasteiger partial charge in [0.1, 0.15) is 5.75 Å². The molecule has 1 rings (SSSR count). The second-order valence-corrected chi connectivity index (χ2v) is 6.44. The molecule has 0 saturated heterocycles. The summed E-state index contributed by atoms with van der Waals surface area (Å²) >= 11 is 0. The highest BCUT2D eigenvalue weighted by molar-refractivity contribution is 7.69. The molecule has 0 bridgehead atoms. The molecule has 0 unspecified atom stereocenters. The third kappa shape index (κ3) is 3.90. The summed E-state index contributed by atoms with van der Waals surface area (Å²) in [4.78, 5) is 29.1. The summed E-state index contributed by atoms with van der Waals surface area (Å²) in [5.41, 5.74) is 0.00324. The van der Waals surface area contributed by atoms with Crippen LogP contribution in [0.1, 0.15) is 50.7 Å². The molecule has 0 saturated carbocycles. The van der Waals surface area contributed by atoms with Crippen LogP contribution in [0.25, 0.3) is 0 Å². The van der Waals surface area contributed by atoms with Crippen LogP contribution >= 0.6 is 7.60 Å². The molecule has 19 heavy (non-hydrogen) atoms. The Morgan fingerprint density at radius 3 is 1.84 bits per heavy atom. The monoisotopic (exact) mass is 286 g/mol. The van der Waals surface area contributed by atoms with Crippen molar-refractivity contribution < 1.29 is 23.9 Å². The van der Waals surface area contributed by atoms with Crippen LogP contribution < -0.4 is 4.74 Å². The van der Waals surface area contributed by atoms with Gasteiger partial charge in [-0.15, -0.1) is 0 Å². The Morgan fingerprint density at radius 1 is 1.11 bits per heavy atom. The van der Waals surface area contributed by atoms with Crippen molar-refractivity contribution in [2.45, 2.75) is 39.5 Å². The lowest BCUT2D eigenvalue weighted by Crippen LogP contribution is -2.10. The Morgan fingerprint density at radius 2 is 1.53 bits per heavy atom. The van der Waals surface area contributed by atoms with Crippen molar-refractivity contribution in [2.75, 3.05) is 0 Å². The molecule has 0 radical (unpaired) electrons. The maximum absolute atomic E-state index is 11.4. The summed E-state index contributed by atoms with van der Waals surface area (Å²) in [6.45, 7) is 7.70. The van der Waals surface area contributed by atoms with Crippen LogP contribution in [0, 0.1) is 0 Å². The zero-order valence-electron chi connectivity index (χ0n) is 11.5. The number of ether oxygens (including phenoxy) is 1. The maximum atomic E-state index is 11.4. The van der Waals surface area contributed by atoms with Crippen LogP contribution in [-0.4, -0.2) is 15.5 Å². The Balaban J connectivity index is 3.30. The Hall–Kier alpha value is -1.16. The fourth-order valence-electron chi connectivity index (χ4n) is 1.75. The van der Waals surface area contributed by atoms with E-state index in [9.17, 15) is 9.36 Å². The van der Waals surface area contributed by atoms with Gasteiger partial charge in [-0.2, -0.15) is 0 Å². The van der Waals surface area contributed by atoms with Gasteiger partial charge in [0.2, 0.25) is 0 Å². The number of carbonyl (C=O) groups is 1. The molecule has 0 fully saturated rings. The van der Waals surface area contributed by atoms with E-state index in [1.54, 1.807) is 12.1 Å². The SMILES string of the molecule is CC(C)c1cccc(C(C)C)c1OC(=O)P(=O)(O)O. The highest BCUT2D eigenvalue weighted by Crippen LogP contribution is 2.41. The van der Waals surface area contributed by atoms with Crippen molar-refractivity contribution in [3.05, 3.63) is 29.3 Å². The summed E-state index contributed by atoms with van der Waals surface area (Å²) in [6, 6.07) is 5.43. The van der Waals surface area contributed by atoms with Crippen molar-refractivity contribution in [1.29, 1.82) is 0 Å². The van der Waals surface area contributed by atoms with E-state index in [1.165, 1.54) is 0 Å². The molecule has 5 nitrogen and oxygen atoms in total. The number of hydrogen-bond donors (Lipinski definition) is 2. The summed E-state index contributed by atoms with van der Waals surface area (Å²) in [5, 5.41) is 0. The van der Waals surface area contributed by atoms with E-state index in [-0.39, 0.29) is 17.6 Å². The van der Waals surface area contributed by atoms with Gasteiger partial charge in [-0.25, -0.2) is 9.36 Å². The Kier molecular flexibility index (Phi) is 4.91. The molecule has 6 heteroatoms. The number of hydrogen-bond acceptors (Lipinski definition) is 3. The number of rotatable bonds is 4. The zero-order chi connectivity index (χ0) is 14.8. The third-order valence-electron chi connectivity index (χ3n) is 2.75. The highest BCUT2D eigenvalue weighted by atomic mass is 31.2. The first-order chi connectivity index (χ1) is 8.64. The van der Waals surface area contributed by atoms with E-state index in [0.29, 0.717) is 0 Å². The van der Waals surface area contributed by atoms with Crippen molar-refractivity contribution in [3.63, 3.8) is 0 Å². The lowest BCUT2D eigenvalue weighted by Gasteiger charge is -2.18. The number of para-hydroxylation sites is 1. The predicted octanol–water partition coefficient (Wildman–Crippen LogP) is 3.61. The van der Waals surface area contributed by atoms with Gasteiger partial charge in [0.15, 0.2) is 0 Å². The van der Waals surface area contributed by atoms with Crippen molar-refractivity contribution in [2.24, 2.45) is 0 Å². The zero-order valence-corrected chi connectivity index (χ0v) is 12.3. The molecule has 2 N–H and O–H groups in total. The fourth-order valence-corrected chi connectivity index (χ4v) is 1.96. The minimum Gasteiger partial charge on any atom is -0.417 e. The smallest absolute Gasteiger partial charge is 0.417 e. The van der Waals surface area contributed by atoms with E-state index in [1.807, 2.05) is 33.8 Å². The van der Waals surface area contributed by atoms with E-state index in [4.69, 9.17) is 14.5 Å². The molecule has 0 aromatic heterocycles. The van der Waals surface area contributed by atoms with Crippen molar-refractivity contribution in [3.8, 4) is 5.75 Å². The van der Waals surface area contributed by atoms with Gasteiger partial charge < -0.3 is 14.5 Å². The highest BCUT2D eigenvalue weighted by Gasteiger charge is 2.30. The molecule has 0 aliphatic carbocycles. The van der Waals surface area contributed by atoms with Gasteiger partial charge in [0.25, 0.3) is 0 Å². The van der Waals surface area contributed by atoms with Crippen LogP contribution in [0.4, 0.5) is 4.79 Å². The third-order valence-corrected chi connectivity index (χ3v) is 3.31. The molecule has 0 heterocycles. The first-order valence-electron chi connectivity index (χ1n) is 6.05. The predicted molar refractivity (Wildman–Crippen MR) is 72.7 cm³/mol. The largest absolute Gasteiger partial charge is 0.433 e. The lowest BCUT2D eigenvalue weighted by atomic mass is 9.94. The van der Waals surface area contributed by atoms with Crippen LogP contribution in [0.5, 0.6) is 5.75 Å². The first-order valence-corrected chi connectivity index (χ1v) is 7.66. The standard InChI is InChI=1S/C13H19O5P/c1-8(2)10-6-5-7-11(9(3)4)12(10)18-13(14)19(15,16)17/h5-9H,1-4H3,(H2,15,16,17). The fraction of sp³-hybridized carbons (Fsp3) is 0.462. The topological polar surface area (TPSA) is 83.8 Å². The summed E-state index contributed by atoms with van der Waals surface area (Å²) in [5.74, 6) is 0.428.